The lowest BCUT2D eigenvalue weighted by molar-refractivity contribution is 0.206. The molecule has 0 aliphatic rings. The van der Waals surface area contributed by atoms with E-state index in [0.717, 1.165) is 49.1 Å². The first-order valence-corrected chi connectivity index (χ1v) is 6.47. The van der Waals surface area contributed by atoms with Crippen molar-refractivity contribution in [1.29, 1.82) is 0 Å². The van der Waals surface area contributed by atoms with Gasteiger partial charge in [-0.2, -0.15) is 0 Å². The average molecular weight is 252 g/mol. The fraction of sp³-hybridized carbons (Fsp3) is 0.692. The summed E-state index contributed by atoms with van der Waals surface area (Å²) in [5, 5.41) is 12.3. The number of nitrogens with one attached hydrogen (secondary N) is 1. The molecule has 0 amide bonds. The Kier molecular flexibility index (Phi) is 6.01. The summed E-state index contributed by atoms with van der Waals surface area (Å²) in [7, 11) is 0. The van der Waals surface area contributed by atoms with Crippen molar-refractivity contribution in [1.82, 2.24) is 14.9 Å². The van der Waals surface area contributed by atoms with Gasteiger partial charge in [-0.1, -0.05) is 6.92 Å². The van der Waals surface area contributed by atoms with E-state index in [9.17, 15) is 0 Å². The number of aliphatic hydroxyl groups is 1. The highest BCUT2D eigenvalue weighted by Gasteiger charge is 2.06. The van der Waals surface area contributed by atoms with Crippen LogP contribution in [0, 0.1) is 20.8 Å². The van der Waals surface area contributed by atoms with Crippen molar-refractivity contribution in [3.63, 3.8) is 0 Å². The van der Waals surface area contributed by atoms with Gasteiger partial charge in [-0.15, -0.1) is 0 Å². The average Bonchev–Trinajstić information content (AvgIpc) is 2.33. The van der Waals surface area contributed by atoms with E-state index < -0.39 is 0 Å². The number of likely N-dealkylation sites (N-methyl/N-ethyl adjacent to an activating group) is 1. The fourth-order valence-electron chi connectivity index (χ4n) is 1.84. The van der Waals surface area contributed by atoms with Gasteiger partial charge in [0.1, 0.15) is 11.6 Å². The maximum Gasteiger partial charge on any atom is 0.132 e. The Morgan fingerprint density at radius 1 is 1.17 bits per heavy atom. The third-order valence-electron chi connectivity index (χ3n) is 3.08. The van der Waals surface area contributed by atoms with E-state index in [4.69, 9.17) is 5.11 Å². The second kappa shape index (κ2) is 7.28. The number of hydrogen-bond donors (Lipinski definition) is 2. The molecular formula is C13H24N4O. The van der Waals surface area contributed by atoms with E-state index in [2.05, 4.69) is 27.1 Å². The Bertz CT molecular complexity index is 381. The molecule has 0 bridgehead atoms. The first-order chi connectivity index (χ1) is 8.58. The molecule has 0 spiro atoms. The Labute approximate surface area is 109 Å². The number of anilines is 1. The highest BCUT2D eigenvalue weighted by Crippen LogP contribution is 2.13. The zero-order chi connectivity index (χ0) is 13.5. The smallest absolute Gasteiger partial charge is 0.132 e. The first-order valence-electron chi connectivity index (χ1n) is 6.47. The molecule has 0 radical (unpaired) electrons. The van der Waals surface area contributed by atoms with Gasteiger partial charge in [0.25, 0.3) is 0 Å². The van der Waals surface area contributed by atoms with Crippen LogP contribution in [0.2, 0.25) is 0 Å². The van der Waals surface area contributed by atoms with Gasteiger partial charge in [0.2, 0.25) is 0 Å². The normalized spacial score (nSPS) is 11.0. The maximum absolute atomic E-state index is 8.92. The predicted molar refractivity (Wildman–Crippen MR) is 73.9 cm³/mol. The van der Waals surface area contributed by atoms with Crippen LogP contribution in [0.5, 0.6) is 0 Å². The molecule has 0 aromatic carbocycles. The van der Waals surface area contributed by atoms with Crippen LogP contribution in [0.25, 0.3) is 0 Å². The quantitative estimate of drug-likeness (QED) is 0.761. The minimum Gasteiger partial charge on any atom is -0.395 e. The van der Waals surface area contributed by atoms with Gasteiger partial charge in [-0.25, -0.2) is 9.97 Å². The second-order valence-corrected chi connectivity index (χ2v) is 4.41. The molecule has 0 atom stereocenters. The lowest BCUT2D eigenvalue weighted by Gasteiger charge is -2.19. The standard InChI is InChI=1S/C13H24N4O/c1-5-17(8-9-18)7-6-14-13-10(2)11(3)15-12(4)16-13/h18H,5-9H2,1-4H3,(H,14,15,16). The minimum absolute atomic E-state index is 0.207. The van der Waals surface area contributed by atoms with Crippen LogP contribution < -0.4 is 5.32 Å². The van der Waals surface area contributed by atoms with E-state index in [-0.39, 0.29) is 6.61 Å². The SMILES string of the molecule is CCN(CCO)CCNc1nc(C)nc(C)c1C. The van der Waals surface area contributed by atoms with Gasteiger partial charge in [0, 0.05) is 30.9 Å². The number of rotatable bonds is 7. The van der Waals surface area contributed by atoms with Crippen molar-refractivity contribution in [2.24, 2.45) is 0 Å². The van der Waals surface area contributed by atoms with Crippen molar-refractivity contribution in [3.05, 3.63) is 17.1 Å². The van der Waals surface area contributed by atoms with E-state index in [0.29, 0.717) is 0 Å². The van der Waals surface area contributed by atoms with Crippen LogP contribution >= 0.6 is 0 Å². The van der Waals surface area contributed by atoms with Crippen molar-refractivity contribution < 1.29 is 5.11 Å². The van der Waals surface area contributed by atoms with Gasteiger partial charge >= 0.3 is 0 Å². The summed E-state index contributed by atoms with van der Waals surface area (Å²) >= 11 is 0. The van der Waals surface area contributed by atoms with Gasteiger partial charge < -0.3 is 10.4 Å². The molecule has 0 aliphatic carbocycles. The lowest BCUT2D eigenvalue weighted by Crippen LogP contribution is -2.31. The van der Waals surface area contributed by atoms with Crippen molar-refractivity contribution in [2.75, 3.05) is 38.1 Å². The number of hydrogen-bond acceptors (Lipinski definition) is 5. The molecule has 102 valence electrons. The van der Waals surface area contributed by atoms with E-state index >= 15 is 0 Å². The van der Waals surface area contributed by atoms with Crippen LogP contribution in [-0.2, 0) is 0 Å². The molecule has 0 saturated carbocycles. The molecular weight excluding hydrogens is 228 g/mol. The molecule has 1 aromatic rings. The number of nitrogens with zero attached hydrogens (tertiary/aromatic N) is 3. The van der Waals surface area contributed by atoms with Crippen molar-refractivity contribution in [2.45, 2.75) is 27.7 Å². The molecule has 1 aromatic heterocycles. The molecule has 5 nitrogen and oxygen atoms in total. The van der Waals surface area contributed by atoms with Gasteiger partial charge in [0.15, 0.2) is 0 Å². The third kappa shape index (κ3) is 4.23. The molecule has 0 saturated heterocycles. The number of aryl methyl sites for hydroxylation is 2. The van der Waals surface area contributed by atoms with Crippen LogP contribution in [0.3, 0.4) is 0 Å². The van der Waals surface area contributed by atoms with Crippen LogP contribution in [0.4, 0.5) is 5.82 Å². The summed E-state index contributed by atoms with van der Waals surface area (Å²) in [4.78, 5) is 10.9. The van der Waals surface area contributed by atoms with Crippen LogP contribution in [0.15, 0.2) is 0 Å². The predicted octanol–water partition coefficient (Wildman–Crippen LogP) is 1.13. The Morgan fingerprint density at radius 3 is 2.50 bits per heavy atom. The van der Waals surface area contributed by atoms with Gasteiger partial charge in [-0.3, -0.25) is 4.90 Å². The Balaban J connectivity index is 2.53. The van der Waals surface area contributed by atoms with Gasteiger partial charge in [-0.05, 0) is 27.3 Å². The Morgan fingerprint density at radius 2 is 1.89 bits per heavy atom. The molecule has 0 aliphatic heterocycles. The zero-order valence-electron chi connectivity index (χ0n) is 11.8. The lowest BCUT2D eigenvalue weighted by atomic mass is 10.2. The number of aromatic nitrogens is 2. The highest BCUT2D eigenvalue weighted by atomic mass is 16.3. The largest absolute Gasteiger partial charge is 0.395 e. The second-order valence-electron chi connectivity index (χ2n) is 4.41. The highest BCUT2D eigenvalue weighted by molar-refractivity contribution is 5.45. The first kappa shape index (κ1) is 14.9. The number of aliphatic hydroxyl groups excluding tert-OH is 1. The summed E-state index contributed by atoms with van der Waals surface area (Å²) in [6.45, 7) is 11.6. The fourth-order valence-corrected chi connectivity index (χ4v) is 1.84. The topological polar surface area (TPSA) is 61.3 Å². The molecule has 18 heavy (non-hydrogen) atoms. The summed E-state index contributed by atoms with van der Waals surface area (Å²) < 4.78 is 0. The van der Waals surface area contributed by atoms with Crippen molar-refractivity contribution in [3.8, 4) is 0 Å². The molecule has 1 heterocycles. The zero-order valence-corrected chi connectivity index (χ0v) is 11.8. The van der Waals surface area contributed by atoms with Crippen LogP contribution in [0.1, 0.15) is 24.0 Å². The molecule has 0 fully saturated rings. The summed E-state index contributed by atoms with van der Waals surface area (Å²) in [6.07, 6.45) is 0. The van der Waals surface area contributed by atoms with Gasteiger partial charge in [0.05, 0.1) is 6.61 Å². The maximum atomic E-state index is 8.92. The van der Waals surface area contributed by atoms with E-state index in [1.54, 1.807) is 0 Å². The van der Waals surface area contributed by atoms with E-state index in [1.165, 1.54) is 0 Å². The monoisotopic (exact) mass is 252 g/mol. The minimum atomic E-state index is 0.207. The molecule has 0 unspecified atom stereocenters. The molecule has 2 N–H and O–H groups in total. The summed E-state index contributed by atoms with van der Waals surface area (Å²) in [5.41, 5.74) is 2.12. The van der Waals surface area contributed by atoms with Crippen LogP contribution in [-0.4, -0.2) is 52.8 Å². The molecule has 5 heteroatoms. The Hall–Kier alpha value is -1.20. The summed E-state index contributed by atoms with van der Waals surface area (Å²) in [6, 6.07) is 0. The third-order valence-corrected chi connectivity index (χ3v) is 3.08. The van der Waals surface area contributed by atoms with E-state index in [1.807, 2.05) is 20.8 Å². The summed E-state index contributed by atoms with van der Waals surface area (Å²) in [5.74, 6) is 1.71. The van der Waals surface area contributed by atoms with Crippen molar-refractivity contribution >= 4 is 5.82 Å². The molecule has 1 rings (SSSR count).